The van der Waals surface area contributed by atoms with E-state index in [1.807, 2.05) is 5.43 Å². The van der Waals surface area contributed by atoms with Crippen LogP contribution in [0, 0.1) is 5.92 Å². The summed E-state index contributed by atoms with van der Waals surface area (Å²) in [6, 6.07) is 3.39. The van der Waals surface area contributed by atoms with Crippen LogP contribution in [0.25, 0.3) is 0 Å². The van der Waals surface area contributed by atoms with Gasteiger partial charge < -0.3 is 10.7 Å². The molecule has 1 aromatic carbocycles. The molecule has 0 aromatic heterocycles. The van der Waals surface area contributed by atoms with Gasteiger partial charge in [-0.25, -0.2) is 0 Å². The Balaban J connectivity index is 2.12. The molecule has 2 rings (SSSR count). The molecule has 1 saturated carbocycles. The third kappa shape index (κ3) is 3.66. The number of halogens is 3. The van der Waals surface area contributed by atoms with Crippen LogP contribution in [0.5, 0.6) is 0 Å². The van der Waals surface area contributed by atoms with Gasteiger partial charge in [-0.15, -0.1) is 0 Å². The van der Waals surface area contributed by atoms with E-state index in [-0.39, 0.29) is 17.3 Å². The standard InChI is InChI=1S/C14H18F3N3O/c1-2-3-8-7-12(8)19-13(21)9-4-5-11(20-18)10(6-9)14(15,16)17/h4-6,8,12,20H,2-3,7,18H2,1H3,(H,19,21). The first-order chi connectivity index (χ1) is 9.86. The number of nitrogens with one attached hydrogen (secondary N) is 2. The van der Waals surface area contributed by atoms with Gasteiger partial charge in [-0.2, -0.15) is 13.2 Å². The minimum atomic E-state index is -4.57. The van der Waals surface area contributed by atoms with Crippen LogP contribution in [-0.2, 0) is 6.18 Å². The van der Waals surface area contributed by atoms with Gasteiger partial charge in [0.05, 0.1) is 11.3 Å². The second-order valence-corrected chi connectivity index (χ2v) is 5.27. The van der Waals surface area contributed by atoms with Gasteiger partial charge >= 0.3 is 6.18 Å². The van der Waals surface area contributed by atoms with E-state index >= 15 is 0 Å². The summed E-state index contributed by atoms with van der Waals surface area (Å²) in [5.74, 6) is 5.04. The predicted octanol–water partition coefficient (Wildman–Crippen LogP) is 2.91. The molecule has 0 saturated heterocycles. The number of hydrogen-bond acceptors (Lipinski definition) is 3. The van der Waals surface area contributed by atoms with E-state index in [0.29, 0.717) is 5.92 Å². The molecule has 2 unspecified atom stereocenters. The molecule has 0 radical (unpaired) electrons. The summed E-state index contributed by atoms with van der Waals surface area (Å²) in [7, 11) is 0. The zero-order valence-corrected chi connectivity index (χ0v) is 11.6. The molecule has 1 amide bonds. The number of benzene rings is 1. The Morgan fingerprint density at radius 2 is 2.14 bits per heavy atom. The number of carbonyl (C=O) groups is 1. The number of hydrogen-bond donors (Lipinski definition) is 3. The first-order valence-corrected chi connectivity index (χ1v) is 6.85. The van der Waals surface area contributed by atoms with Crippen LogP contribution in [-0.4, -0.2) is 11.9 Å². The van der Waals surface area contributed by atoms with E-state index in [9.17, 15) is 18.0 Å². The molecular formula is C14H18F3N3O. The van der Waals surface area contributed by atoms with Gasteiger partial charge in [0.15, 0.2) is 0 Å². The largest absolute Gasteiger partial charge is 0.418 e. The Kier molecular flexibility index (Phi) is 4.41. The van der Waals surface area contributed by atoms with Crippen molar-refractivity contribution >= 4 is 11.6 Å². The fraction of sp³-hybridized carbons (Fsp3) is 0.500. The molecule has 1 fully saturated rings. The number of nitrogens with two attached hydrogens (primary N) is 1. The summed E-state index contributed by atoms with van der Waals surface area (Å²) in [5, 5.41) is 2.76. The normalized spacial score (nSPS) is 21.0. The molecular weight excluding hydrogens is 283 g/mol. The quantitative estimate of drug-likeness (QED) is 0.578. The SMILES string of the molecule is CCCC1CC1NC(=O)c1ccc(NN)c(C(F)(F)F)c1. The predicted molar refractivity (Wildman–Crippen MR) is 73.5 cm³/mol. The molecule has 0 aliphatic heterocycles. The van der Waals surface area contributed by atoms with Gasteiger partial charge in [0.25, 0.3) is 5.91 Å². The molecule has 1 aliphatic carbocycles. The highest BCUT2D eigenvalue weighted by Gasteiger charge is 2.38. The van der Waals surface area contributed by atoms with Gasteiger partial charge in [0.2, 0.25) is 0 Å². The van der Waals surface area contributed by atoms with E-state index in [4.69, 9.17) is 5.84 Å². The molecule has 0 spiro atoms. The van der Waals surface area contributed by atoms with E-state index in [1.54, 1.807) is 0 Å². The highest BCUT2D eigenvalue weighted by molar-refractivity contribution is 5.95. The van der Waals surface area contributed by atoms with Crippen molar-refractivity contribution in [1.82, 2.24) is 5.32 Å². The third-order valence-corrected chi connectivity index (χ3v) is 3.64. The van der Waals surface area contributed by atoms with Crippen molar-refractivity contribution in [3.8, 4) is 0 Å². The molecule has 4 nitrogen and oxygen atoms in total. The minimum Gasteiger partial charge on any atom is -0.349 e. The van der Waals surface area contributed by atoms with Crippen molar-refractivity contribution in [3.05, 3.63) is 29.3 Å². The second-order valence-electron chi connectivity index (χ2n) is 5.27. The number of nitrogen functional groups attached to an aromatic ring is 1. The summed E-state index contributed by atoms with van der Waals surface area (Å²) < 4.78 is 38.7. The lowest BCUT2D eigenvalue weighted by Crippen LogP contribution is -2.27. The maximum absolute atomic E-state index is 12.9. The minimum absolute atomic E-state index is 0.0107. The Bertz CT molecular complexity index is 531. The molecule has 1 aromatic rings. The van der Waals surface area contributed by atoms with Crippen LogP contribution >= 0.6 is 0 Å². The Morgan fingerprint density at radius 1 is 1.43 bits per heavy atom. The first-order valence-electron chi connectivity index (χ1n) is 6.85. The van der Waals surface area contributed by atoms with E-state index < -0.39 is 17.6 Å². The van der Waals surface area contributed by atoms with Crippen LogP contribution in [0.4, 0.5) is 18.9 Å². The average molecular weight is 301 g/mol. The van der Waals surface area contributed by atoms with Crippen molar-refractivity contribution < 1.29 is 18.0 Å². The maximum atomic E-state index is 12.9. The lowest BCUT2D eigenvalue weighted by molar-refractivity contribution is -0.137. The first kappa shape index (κ1) is 15.6. The van der Waals surface area contributed by atoms with Crippen molar-refractivity contribution in [2.75, 3.05) is 5.43 Å². The van der Waals surface area contributed by atoms with Gasteiger partial charge in [0, 0.05) is 11.6 Å². The number of alkyl halides is 3. The Hall–Kier alpha value is -1.76. The zero-order chi connectivity index (χ0) is 15.6. The zero-order valence-electron chi connectivity index (χ0n) is 11.6. The highest BCUT2D eigenvalue weighted by atomic mass is 19.4. The summed E-state index contributed by atoms with van der Waals surface area (Å²) >= 11 is 0. The number of anilines is 1. The van der Waals surface area contributed by atoms with Crippen molar-refractivity contribution in [2.45, 2.75) is 38.4 Å². The summed E-state index contributed by atoms with van der Waals surface area (Å²) in [6.07, 6.45) is -1.61. The maximum Gasteiger partial charge on any atom is 0.418 e. The van der Waals surface area contributed by atoms with E-state index in [1.165, 1.54) is 6.07 Å². The highest BCUT2D eigenvalue weighted by Crippen LogP contribution is 2.36. The molecule has 0 heterocycles. The smallest absolute Gasteiger partial charge is 0.349 e. The Labute approximate surface area is 120 Å². The lowest BCUT2D eigenvalue weighted by Gasteiger charge is -2.14. The molecule has 1 aliphatic rings. The fourth-order valence-corrected chi connectivity index (χ4v) is 2.41. The topological polar surface area (TPSA) is 67.2 Å². The van der Waals surface area contributed by atoms with Crippen molar-refractivity contribution in [1.29, 1.82) is 0 Å². The van der Waals surface area contributed by atoms with Crippen LogP contribution in [0.2, 0.25) is 0 Å². The van der Waals surface area contributed by atoms with Gasteiger partial charge in [-0.1, -0.05) is 13.3 Å². The Morgan fingerprint density at radius 3 is 2.71 bits per heavy atom. The molecule has 21 heavy (non-hydrogen) atoms. The van der Waals surface area contributed by atoms with Crippen molar-refractivity contribution in [2.24, 2.45) is 11.8 Å². The van der Waals surface area contributed by atoms with Gasteiger partial charge in [-0.3, -0.25) is 10.6 Å². The van der Waals surface area contributed by atoms with Gasteiger partial charge in [0.1, 0.15) is 0 Å². The third-order valence-electron chi connectivity index (χ3n) is 3.64. The molecule has 2 atom stereocenters. The number of carbonyl (C=O) groups excluding carboxylic acids is 1. The molecule has 0 bridgehead atoms. The molecule has 7 heteroatoms. The summed E-state index contributed by atoms with van der Waals surface area (Å²) in [4.78, 5) is 12.0. The number of hydrazine groups is 1. The second kappa shape index (κ2) is 5.93. The fourth-order valence-electron chi connectivity index (χ4n) is 2.41. The number of amides is 1. The van der Waals surface area contributed by atoms with E-state index in [2.05, 4.69) is 12.2 Å². The monoisotopic (exact) mass is 301 g/mol. The molecule has 116 valence electrons. The van der Waals surface area contributed by atoms with Crippen LogP contribution < -0.4 is 16.6 Å². The summed E-state index contributed by atoms with van der Waals surface area (Å²) in [6.45, 7) is 2.06. The van der Waals surface area contributed by atoms with Crippen molar-refractivity contribution in [3.63, 3.8) is 0 Å². The van der Waals surface area contributed by atoms with E-state index in [0.717, 1.165) is 31.4 Å². The lowest BCUT2D eigenvalue weighted by atomic mass is 10.1. The number of rotatable bonds is 5. The van der Waals surface area contributed by atoms with Crippen LogP contribution in [0.1, 0.15) is 42.1 Å². The molecule has 4 N–H and O–H groups in total. The van der Waals surface area contributed by atoms with Gasteiger partial charge in [-0.05, 0) is 37.0 Å². The van der Waals surface area contributed by atoms with Crippen LogP contribution in [0.15, 0.2) is 18.2 Å². The van der Waals surface area contributed by atoms with Crippen LogP contribution in [0.3, 0.4) is 0 Å². The average Bonchev–Trinajstić information content (AvgIpc) is 3.15. The summed E-state index contributed by atoms with van der Waals surface area (Å²) in [5.41, 5.74) is 0.782.